The van der Waals surface area contributed by atoms with Crippen LogP contribution in [0.4, 0.5) is 0 Å². The second kappa shape index (κ2) is 3.80. The van der Waals surface area contributed by atoms with Gasteiger partial charge in [0.25, 0.3) is 0 Å². The zero-order valence-electron chi connectivity index (χ0n) is 9.20. The summed E-state index contributed by atoms with van der Waals surface area (Å²) in [5.41, 5.74) is 0.530. The summed E-state index contributed by atoms with van der Waals surface area (Å²) < 4.78 is 5.27. The zero-order valence-corrected chi connectivity index (χ0v) is 9.20. The molecule has 2 aliphatic heterocycles. The molecule has 2 rings (SSSR count). The number of rotatable bonds is 3. The topological polar surface area (TPSA) is 32.7 Å². The summed E-state index contributed by atoms with van der Waals surface area (Å²) >= 11 is 0. The van der Waals surface area contributed by atoms with Gasteiger partial charge in [-0.05, 0) is 18.3 Å². The summed E-state index contributed by atoms with van der Waals surface area (Å²) in [5.74, 6) is 0. The van der Waals surface area contributed by atoms with Gasteiger partial charge in [0, 0.05) is 13.1 Å². The maximum absolute atomic E-state index is 9.67. The first-order chi connectivity index (χ1) is 6.71. The third kappa shape index (κ3) is 1.58. The lowest BCUT2D eigenvalue weighted by Gasteiger charge is -2.52. The van der Waals surface area contributed by atoms with Gasteiger partial charge >= 0.3 is 0 Å². The molecule has 0 aromatic rings. The van der Waals surface area contributed by atoms with Crippen LogP contribution in [0, 0.1) is 5.41 Å². The van der Waals surface area contributed by atoms with E-state index in [2.05, 4.69) is 18.7 Å². The van der Waals surface area contributed by atoms with Gasteiger partial charge in [-0.2, -0.15) is 0 Å². The normalized spacial score (nSPS) is 37.1. The molecule has 14 heavy (non-hydrogen) atoms. The van der Waals surface area contributed by atoms with Gasteiger partial charge in [0.2, 0.25) is 0 Å². The van der Waals surface area contributed by atoms with Crippen molar-refractivity contribution in [3.05, 3.63) is 0 Å². The minimum atomic E-state index is -0.262. The van der Waals surface area contributed by atoms with Crippen LogP contribution in [0.5, 0.6) is 0 Å². The summed E-state index contributed by atoms with van der Waals surface area (Å²) in [7, 11) is 0. The molecule has 82 valence electrons. The fourth-order valence-electron chi connectivity index (χ4n) is 2.63. The second-order valence-electron chi connectivity index (χ2n) is 4.78. The van der Waals surface area contributed by atoms with Crippen molar-refractivity contribution in [2.24, 2.45) is 5.41 Å². The molecule has 0 aromatic heterocycles. The highest BCUT2D eigenvalue weighted by molar-refractivity contribution is 4.98. The number of likely N-dealkylation sites (tertiary alicyclic amines) is 1. The van der Waals surface area contributed by atoms with Crippen molar-refractivity contribution in [1.29, 1.82) is 0 Å². The van der Waals surface area contributed by atoms with Crippen LogP contribution in [-0.4, -0.2) is 48.5 Å². The predicted molar refractivity (Wildman–Crippen MR) is 55.2 cm³/mol. The van der Waals surface area contributed by atoms with E-state index in [4.69, 9.17) is 4.74 Å². The largest absolute Gasteiger partial charge is 0.389 e. The number of aliphatic hydroxyl groups excluding tert-OH is 1. The molecule has 0 bridgehead atoms. The van der Waals surface area contributed by atoms with E-state index in [0.717, 1.165) is 13.1 Å². The average molecular weight is 199 g/mol. The Bertz CT molecular complexity index is 195. The van der Waals surface area contributed by atoms with Gasteiger partial charge in [0.05, 0.1) is 25.4 Å². The monoisotopic (exact) mass is 199 g/mol. The van der Waals surface area contributed by atoms with Crippen molar-refractivity contribution in [3.63, 3.8) is 0 Å². The third-order valence-corrected chi connectivity index (χ3v) is 4.07. The van der Waals surface area contributed by atoms with Gasteiger partial charge in [-0.25, -0.2) is 0 Å². The number of ether oxygens (including phenoxy) is 1. The van der Waals surface area contributed by atoms with E-state index < -0.39 is 0 Å². The Balaban J connectivity index is 1.87. The van der Waals surface area contributed by atoms with E-state index in [1.807, 2.05) is 0 Å². The second-order valence-corrected chi connectivity index (χ2v) is 4.78. The van der Waals surface area contributed by atoms with Crippen LogP contribution < -0.4 is 0 Å². The number of aliphatic hydroxyl groups is 1. The number of hydrogen-bond acceptors (Lipinski definition) is 3. The van der Waals surface area contributed by atoms with Gasteiger partial charge < -0.3 is 9.84 Å². The predicted octanol–water partition coefficient (Wildman–Crippen LogP) is 0.868. The minimum absolute atomic E-state index is 0.262. The molecule has 0 amide bonds. The molecule has 2 atom stereocenters. The van der Waals surface area contributed by atoms with Gasteiger partial charge in [0.1, 0.15) is 0 Å². The molecule has 0 spiro atoms. The van der Waals surface area contributed by atoms with Crippen LogP contribution in [0.25, 0.3) is 0 Å². The van der Waals surface area contributed by atoms with Gasteiger partial charge in [0.15, 0.2) is 0 Å². The van der Waals surface area contributed by atoms with E-state index >= 15 is 0 Å². The maximum atomic E-state index is 9.67. The fourth-order valence-corrected chi connectivity index (χ4v) is 2.63. The minimum Gasteiger partial charge on any atom is -0.389 e. The molecule has 0 aliphatic carbocycles. The maximum Gasteiger partial charge on any atom is 0.0950 e. The Kier molecular flexibility index (Phi) is 2.82. The Morgan fingerprint density at radius 1 is 1.29 bits per heavy atom. The Morgan fingerprint density at radius 2 is 1.93 bits per heavy atom. The SMILES string of the molecule is CCC1(CC)CN(C2COCC2O)C1. The Labute approximate surface area is 86.0 Å². The van der Waals surface area contributed by atoms with Crippen molar-refractivity contribution in [2.75, 3.05) is 26.3 Å². The first-order valence-electron chi connectivity index (χ1n) is 5.70. The molecule has 1 N–H and O–H groups in total. The molecule has 0 saturated carbocycles. The van der Waals surface area contributed by atoms with Crippen LogP contribution in [-0.2, 0) is 4.74 Å². The van der Waals surface area contributed by atoms with E-state index in [1.165, 1.54) is 12.8 Å². The standard InChI is InChI=1S/C11H21NO2/c1-3-11(4-2)7-12(8-11)9-5-14-6-10(9)13/h9-10,13H,3-8H2,1-2H3. The molecular weight excluding hydrogens is 178 g/mol. The van der Waals surface area contributed by atoms with E-state index in [-0.39, 0.29) is 12.1 Å². The van der Waals surface area contributed by atoms with Crippen LogP contribution in [0.2, 0.25) is 0 Å². The first kappa shape index (κ1) is 10.4. The van der Waals surface area contributed by atoms with Crippen molar-refractivity contribution >= 4 is 0 Å². The number of nitrogens with zero attached hydrogens (tertiary/aromatic N) is 1. The van der Waals surface area contributed by atoms with Crippen LogP contribution in [0.15, 0.2) is 0 Å². The van der Waals surface area contributed by atoms with Gasteiger partial charge in [-0.3, -0.25) is 4.90 Å². The molecular formula is C11H21NO2. The highest BCUT2D eigenvalue weighted by Crippen LogP contribution is 2.39. The fraction of sp³-hybridized carbons (Fsp3) is 1.00. The lowest BCUT2D eigenvalue weighted by Crippen LogP contribution is -2.61. The van der Waals surface area contributed by atoms with Gasteiger partial charge in [-0.1, -0.05) is 13.8 Å². The van der Waals surface area contributed by atoms with Crippen LogP contribution in [0.3, 0.4) is 0 Å². The van der Waals surface area contributed by atoms with E-state index in [9.17, 15) is 5.11 Å². The lowest BCUT2D eigenvalue weighted by atomic mass is 9.74. The summed E-state index contributed by atoms with van der Waals surface area (Å²) in [6, 6.07) is 0.265. The van der Waals surface area contributed by atoms with E-state index in [1.54, 1.807) is 0 Å². The van der Waals surface area contributed by atoms with Crippen LogP contribution >= 0.6 is 0 Å². The third-order valence-electron chi connectivity index (χ3n) is 4.07. The quantitative estimate of drug-likeness (QED) is 0.732. The van der Waals surface area contributed by atoms with Crippen molar-refractivity contribution in [2.45, 2.75) is 38.8 Å². The Morgan fingerprint density at radius 3 is 2.36 bits per heavy atom. The number of hydrogen-bond donors (Lipinski definition) is 1. The first-order valence-corrected chi connectivity index (χ1v) is 5.70. The zero-order chi connectivity index (χ0) is 10.2. The van der Waals surface area contributed by atoms with Crippen molar-refractivity contribution in [1.82, 2.24) is 4.90 Å². The summed E-state index contributed by atoms with van der Waals surface area (Å²) in [5, 5.41) is 9.67. The molecule has 2 heterocycles. The molecule has 0 radical (unpaired) electrons. The molecule has 2 fully saturated rings. The van der Waals surface area contributed by atoms with Crippen molar-refractivity contribution < 1.29 is 9.84 Å². The summed E-state index contributed by atoms with van der Waals surface area (Å²) in [6.07, 6.45) is 2.24. The molecule has 2 unspecified atom stereocenters. The van der Waals surface area contributed by atoms with Gasteiger partial charge in [-0.15, -0.1) is 0 Å². The molecule has 3 heteroatoms. The Hall–Kier alpha value is -0.120. The highest BCUT2D eigenvalue weighted by atomic mass is 16.5. The molecule has 2 saturated heterocycles. The molecule has 0 aromatic carbocycles. The summed E-state index contributed by atoms with van der Waals surface area (Å²) in [6.45, 7) is 8.05. The summed E-state index contributed by atoms with van der Waals surface area (Å²) in [4.78, 5) is 2.38. The average Bonchev–Trinajstić information content (AvgIpc) is 2.52. The smallest absolute Gasteiger partial charge is 0.0950 e. The van der Waals surface area contributed by atoms with E-state index in [0.29, 0.717) is 18.6 Å². The lowest BCUT2D eigenvalue weighted by molar-refractivity contribution is -0.0600. The molecule has 2 aliphatic rings. The highest BCUT2D eigenvalue weighted by Gasteiger charge is 2.45. The van der Waals surface area contributed by atoms with Crippen LogP contribution in [0.1, 0.15) is 26.7 Å². The van der Waals surface area contributed by atoms with Crippen molar-refractivity contribution in [3.8, 4) is 0 Å². The molecule has 3 nitrogen and oxygen atoms in total.